The maximum absolute atomic E-state index is 13.5. The lowest BCUT2D eigenvalue weighted by Crippen LogP contribution is -2.30. The minimum Gasteiger partial charge on any atom is -0.610 e. The summed E-state index contributed by atoms with van der Waals surface area (Å²) in [5.74, 6) is 0.190. The smallest absolute Gasteiger partial charge is 0.179 e. The van der Waals surface area contributed by atoms with Gasteiger partial charge in [-0.2, -0.15) is 0 Å². The van der Waals surface area contributed by atoms with Crippen LogP contribution in [0.2, 0.25) is 0 Å². The number of fused-ring (bicyclic) bond motifs is 1. The fourth-order valence-corrected chi connectivity index (χ4v) is 5.46. The summed E-state index contributed by atoms with van der Waals surface area (Å²) in [5.41, 5.74) is 5.68. The quantitative estimate of drug-likeness (QED) is 0.631. The number of anilines is 1. The standard InChI is InChI=1S/C24H32N2O3S/c1-17-6-7-19(12-18(17)2)16-30(28,29)24-15-20-8-9-22(27)13-21(20)14-23(24)26(5)11-10-25(3)4/h6-7,12,14-15H,8-11,13,16H2,1-5H3. The Bertz CT molecular complexity index is 1000. The number of carbonyl (C=O) groups is 1. The summed E-state index contributed by atoms with van der Waals surface area (Å²) >= 11 is 0. The van der Waals surface area contributed by atoms with Gasteiger partial charge in [-0.3, -0.25) is 4.79 Å². The van der Waals surface area contributed by atoms with Gasteiger partial charge in [-0.05, 0) is 68.8 Å². The van der Waals surface area contributed by atoms with Crippen molar-refractivity contribution in [1.29, 1.82) is 0 Å². The molecule has 1 aliphatic rings. The molecule has 0 fully saturated rings. The summed E-state index contributed by atoms with van der Waals surface area (Å²) in [6, 6.07) is 9.57. The topological polar surface area (TPSA) is 63.7 Å². The second-order valence-electron chi connectivity index (χ2n) is 8.71. The molecular weight excluding hydrogens is 396 g/mol. The van der Waals surface area contributed by atoms with Gasteiger partial charge in [0.05, 0.1) is 15.9 Å². The number of nitrogens with zero attached hydrogens (tertiary/aromatic N) is 2. The SMILES string of the molecule is Cc1ccc(C[S+](=O)([O-])c2cc3c(cc2N(C)CCN(C)C)CC(=O)CC3)cc1C. The number of ketones is 1. The summed E-state index contributed by atoms with van der Waals surface area (Å²) in [6.07, 6.45) is 1.49. The van der Waals surface area contributed by atoms with Crippen LogP contribution in [0.5, 0.6) is 0 Å². The van der Waals surface area contributed by atoms with Crippen LogP contribution < -0.4 is 4.90 Å². The van der Waals surface area contributed by atoms with Crippen LogP contribution in [0.1, 0.15) is 34.2 Å². The Morgan fingerprint density at radius 1 is 0.967 bits per heavy atom. The molecule has 3 rings (SSSR count). The van der Waals surface area contributed by atoms with Gasteiger partial charge in [0, 0.05) is 38.5 Å². The molecule has 0 heterocycles. The van der Waals surface area contributed by atoms with E-state index < -0.39 is 10.2 Å². The molecule has 1 unspecified atom stereocenters. The van der Waals surface area contributed by atoms with Crippen molar-refractivity contribution in [3.8, 4) is 0 Å². The third-order valence-electron chi connectivity index (χ3n) is 5.90. The Hall–Kier alpha value is -2.02. The summed E-state index contributed by atoms with van der Waals surface area (Å²) < 4.78 is 27.0. The first-order valence-corrected chi connectivity index (χ1v) is 12.0. The van der Waals surface area contributed by atoms with Crippen LogP contribution in [0, 0.1) is 13.8 Å². The molecule has 1 aliphatic carbocycles. The van der Waals surface area contributed by atoms with E-state index in [9.17, 15) is 13.6 Å². The summed E-state index contributed by atoms with van der Waals surface area (Å²) in [4.78, 5) is 16.4. The van der Waals surface area contributed by atoms with E-state index in [2.05, 4.69) is 4.90 Å². The molecule has 0 saturated carbocycles. The average Bonchev–Trinajstić information content (AvgIpc) is 2.67. The van der Waals surface area contributed by atoms with E-state index in [1.807, 2.05) is 70.2 Å². The van der Waals surface area contributed by atoms with Crippen LogP contribution in [0.15, 0.2) is 35.2 Å². The van der Waals surface area contributed by atoms with Gasteiger partial charge in [-0.25, -0.2) is 0 Å². The Morgan fingerprint density at radius 2 is 1.70 bits per heavy atom. The third-order valence-corrected chi connectivity index (χ3v) is 7.61. The number of carbonyl (C=O) groups excluding carboxylic acids is 1. The van der Waals surface area contributed by atoms with Gasteiger partial charge in [0.2, 0.25) is 0 Å². The molecule has 0 radical (unpaired) electrons. The molecule has 2 aromatic carbocycles. The van der Waals surface area contributed by atoms with Crippen molar-refractivity contribution >= 4 is 21.7 Å². The summed E-state index contributed by atoms with van der Waals surface area (Å²) in [5, 5.41) is 0. The largest absolute Gasteiger partial charge is 0.610 e. The zero-order chi connectivity index (χ0) is 22.1. The molecule has 2 aromatic rings. The number of hydrogen-bond donors (Lipinski definition) is 0. The molecule has 162 valence electrons. The molecule has 0 bridgehead atoms. The van der Waals surface area contributed by atoms with Crippen molar-refractivity contribution in [1.82, 2.24) is 4.90 Å². The fraction of sp³-hybridized carbons (Fsp3) is 0.458. The predicted octanol–water partition coefficient (Wildman–Crippen LogP) is 3.55. The van der Waals surface area contributed by atoms with Gasteiger partial charge in [-0.1, -0.05) is 18.2 Å². The van der Waals surface area contributed by atoms with Gasteiger partial charge >= 0.3 is 0 Å². The zero-order valence-electron chi connectivity index (χ0n) is 18.7. The first-order chi connectivity index (χ1) is 14.1. The maximum atomic E-state index is 13.5. The third kappa shape index (κ3) is 5.17. The lowest BCUT2D eigenvalue weighted by atomic mass is 9.90. The number of hydrogen-bond acceptors (Lipinski definition) is 5. The Kier molecular flexibility index (Phi) is 6.80. The zero-order valence-corrected chi connectivity index (χ0v) is 19.5. The van der Waals surface area contributed by atoms with E-state index in [-0.39, 0.29) is 11.5 Å². The second kappa shape index (κ2) is 9.00. The number of likely N-dealkylation sites (N-methyl/N-ethyl adjacent to an activating group) is 2. The average molecular weight is 429 g/mol. The predicted molar refractivity (Wildman–Crippen MR) is 122 cm³/mol. The number of sulfone groups is 1. The molecule has 0 aromatic heterocycles. The highest BCUT2D eigenvalue weighted by molar-refractivity contribution is 7.97. The highest BCUT2D eigenvalue weighted by Gasteiger charge is 2.30. The number of rotatable bonds is 7. The van der Waals surface area contributed by atoms with Gasteiger partial charge in [0.1, 0.15) is 11.5 Å². The van der Waals surface area contributed by atoms with Gasteiger partial charge in [-0.15, -0.1) is 4.21 Å². The summed E-state index contributed by atoms with van der Waals surface area (Å²) in [6.45, 7) is 5.53. The highest BCUT2D eigenvalue weighted by atomic mass is 32.3. The lowest BCUT2D eigenvalue weighted by Gasteiger charge is -2.28. The van der Waals surface area contributed by atoms with Crippen molar-refractivity contribution < 1.29 is 13.6 Å². The molecule has 0 spiro atoms. The minimum atomic E-state index is -3.54. The van der Waals surface area contributed by atoms with Crippen LogP contribution in [0.4, 0.5) is 5.69 Å². The molecule has 0 saturated heterocycles. The number of benzene rings is 2. The van der Waals surface area contributed by atoms with E-state index in [0.29, 0.717) is 36.4 Å². The molecule has 0 aliphatic heterocycles. The van der Waals surface area contributed by atoms with Crippen LogP contribution in [0.3, 0.4) is 0 Å². The lowest BCUT2D eigenvalue weighted by molar-refractivity contribution is -0.118. The monoisotopic (exact) mass is 428 g/mol. The first kappa shape index (κ1) is 22.7. The Labute approximate surface area is 181 Å². The Balaban J connectivity index is 2.02. The van der Waals surface area contributed by atoms with Crippen LogP contribution in [0.25, 0.3) is 0 Å². The molecule has 1 atom stereocenters. The summed E-state index contributed by atoms with van der Waals surface area (Å²) in [7, 11) is 2.37. The van der Waals surface area contributed by atoms with Gasteiger partial charge in [0.25, 0.3) is 0 Å². The fourth-order valence-electron chi connectivity index (χ4n) is 3.83. The van der Waals surface area contributed by atoms with E-state index >= 15 is 0 Å². The molecule has 0 N–H and O–H groups in total. The van der Waals surface area contributed by atoms with Crippen molar-refractivity contribution in [3.63, 3.8) is 0 Å². The van der Waals surface area contributed by atoms with Gasteiger partial charge < -0.3 is 14.4 Å². The van der Waals surface area contributed by atoms with E-state index in [1.165, 1.54) is 0 Å². The minimum absolute atomic E-state index is 0.0274. The van der Waals surface area contributed by atoms with Crippen molar-refractivity contribution in [2.24, 2.45) is 0 Å². The molecule has 30 heavy (non-hydrogen) atoms. The van der Waals surface area contributed by atoms with E-state index in [4.69, 9.17) is 0 Å². The number of aryl methyl sites for hydroxylation is 3. The van der Waals surface area contributed by atoms with E-state index in [0.717, 1.165) is 34.4 Å². The second-order valence-corrected chi connectivity index (χ2v) is 10.7. The van der Waals surface area contributed by atoms with Crippen molar-refractivity contribution in [2.75, 3.05) is 39.1 Å². The van der Waals surface area contributed by atoms with Crippen molar-refractivity contribution in [2.45, 2.75) is 43.8 Å². The van der Waals surface area contributed by atoms with Crippen LogP contribution >= 0.6 is 0 Å². The molecular formula is C24H32N2O3S. The van der Waals surface area contributed by atoms with E-state index in [1.54, 1.807) is 0 Å². The van der Waals surface area contributed by atoms with Crippen LogP contribution in [-0.4, -0.2) is 49.5 Å². The van der Waals surface area contributed by atoms with Crippen molar-refractivity contribution in [3.05, 3.63) is 58.1 Å². The molecule has 6 heteroatoms. The number of Topliss-reactive ketones (excluding diaryl/α,β-unsaturated/α-hetero) is 1. The van der Waals surface area contributed by atoms with Gasteiger partial charge in [0.15, 0.2) is 4.90 Å². The first-order valence-electron chi connectivity index (χ1n) is 10.4. The molecule has 0 amide bonds. The highest BCUT2D eigenvalue weighted by Crippen LogP contribution is 2.36. The van der Waals surface area contributed by atoms with Crippen LogP contribution in [-0.2, 0) is 37.8 Å². The normalized spacial score (nSPS) is 15.8. The molecule has 5 nitrogen and oxygen atoms in total. The Morgan fingerprint density at radius 3 is 2.37 bits per heavy atom. The maximum Gasteiger partial charge on any atom is 0.179 e.